The van der Waals surface area contributed by atoms with Crippen LogP contribution in [0.3, 0.4) is 0 Å². The van der Waals surface area contributed by atoms with Crippen LogP contribution >= 0.6 is 0 Å². The summed E-state index contributed by atoms with van der Waals surface area (Å²) in [6, 6.07) is 4.24. The summed E-state index contributed by atoms with van der Waals surface area (Å²) in [4.78, 5) is 11.7. The zero-order chi connectivity index (χ0) is 16.2. The van der Waals surface area contributed by atoms with E-state index in [0.29, 0.717) is 23.3 Å². The van der Waals surface area contributed by atoms with Crippen LogP contribution in [0.25, 0.3) is 0 Å². The normalized spacial score (nSPS) is 11.7. The molecule has 0 aliphatic rings. The largest absolute Gasteiger partial charge is 0.478 e. The zero-order valence-corrected chi connectivity index (χ0v) is 14.4. The number of carbonyl (C=O) groups is 1. The van der Waals surface area contributed by atoms with Gasteiger partial charge in [0.2, 0.25) is 0 Å². The van der Waals surface area contributed by atoms with Crippen molar-refractivity contribution in [3.63, 3.8) is 0 Å². The first-order valence-corrected chi connectivity index (χ1v) is 8.08. The maximum atomic E-state index is 11.7. The molecule has 0 atom stereocenters. The Kier molecular flexibility index (Phi) is 6.44. The summed E-state index contributed by atoms with van der Waals surface area (Å²) in [5, 5.41) is 9.65. The Morgan fingerprint density at radius 2 is 1.24 bits per heavy atom. The highest BCUT2D eigenvalue weighted by molar-refractivity contribution is 5.91. The van der Waals surface area contributed by atoms with Gasteiger partial charge in [0.1, 0.15) is 0 Å². The molecule has 1 N–H and O–H groups in total. The molecule has 2 heteroatoms. The smallest absolute Gasteiger partial charge is 0.336 e. The lowest BCUT2D eigenvalue weighted by Gasteiger charge is -2.18. The van der Waals surface area contributed by atoms with Crippen LogP contribution in [0.1, 0.15) is 68.6 Å². The summed E-state index contributed by atoms with van der Waals surface area (Å²) in [5.41, 5.74) is 3.84. The summed E-state index contributed by atoms with van der Waals surface area (Å²) in [6.45, 7) is 13.0. The van der Waals surface area contributed by atoms with Crippen molar-refractivity contribution in [2.45, 2.75) is 60.8 Å². The molecule has 0 unspecified atom stereocenters. The number of rotatable bonds is 7. The van der Waals surface area contributed by atoms with Crippen molar-refractivity contribution in [1.29, 1.82) is 0 Å². The third-order valence-corrected chi connectivity index (χ3v) is 3.48. The fourth-order valence-corrected chi connectivity index (χ4v) is 2.91. The number of carboxylic acid groups (broad SMARTS) is 1. The van der Waals surface area contributed by atoms with Gasteiger partial charge < -0.3 is 5.11 Å². The first kappa shape index (κ1) is 17.7. The Morgan fingerprint density at radius 1 is 0.857 bits per heavy atom. The topological polar surface area (TPSA) is 37.3 Å². The number of aromatic carboxylic acids is 1. The molecule has 0 aliphatic carbocycles. The predicted octanol–water partition coefficient (Wildman–Crippen LogP) is 4.98. The number of hydrogen-bond acceptors (Lipinski definition) is 1. The molecule has 0 heterocycles. The first-order valence-electron chi connectivity index (χ1n) is 8.08. The average Bonchev–Trinajstić information content (AvgIpc) is 2.24. The van der Waals surface area contributed by atoms with E-state index in [4.69, 9.17) is 0 Å². The van der Waals surface area contributed by atoms with Crippen LogP contribution in [0, 0.1) is 17.8 Å². The molecule has 118 valence electrons. The van der Waals surface area contributed by atoms with E-state index in [0.717, 1.165) is 30.4 Å². The van der Waals surface area contributed by atoms with Crippen molar-refractivity contribution in [2.75, 3.05) is 0 Å². The molecule has 1 rings (SSSR count). The minimum absolute atomic E-state index is 0.462. The molecule has 2 nitrogen and oxygen atoms in total. The minimum atomic E-state index is -0.780. The molecule has 0 saturated heterocycles. The molecular weight excluding hydrogens is 260 g/mol. The lowest BCUT2D eigenvalue weighted by atomic mass is 9.87. The SMILES string of the molecule is CC(C)Cc1cc(CC(C)C)c(C(=O)O)c(CC(C)C)c1. The van der Waals surface area contributed by atoms with E-state index < -0.39 is 5.97 Å². The van der Waals surface area contributed by atoms with Crippen LogP contribution in [-0.2, 0) is 19.3 Å². The van der Waals surface area contributed by atoms with Crippen LogP contribution in [0.15, 0.2) is 12.1 Å². The monoisotopic (exact) mass is 290 g/mol. The van der Waals surface area contributed by atoms with E-state index >= 15 is 0 Å². The maximum absolute atomic E-state index is 11.7. The Bertz CT molecular complexity index is 453. The molecule has 0 amide bonds. The molecule has 0 aromatic heterocycles. The van der Waals surface area contributed by atoms with Gasteiger partial charge in [-0.15, -0.1) is 0 Å². The fraction of sp³-hybridized carbons (Fsp3) is 0.632. The van der Waals surface area contributed by atoms with Gasteiger partial charge in [0, 0.05) is 0 Å². The molecule has 0 aliphatic heterocycles. The third kappa shape index (κ3) is 5.53. The van der Waals surface area contributed by atoms with Gasteiger partial charge in [-0.2, -0.15) is 0 Å². The zero-order valence-electron chi connectivity index (χ0n) is 14.4. The second-order valence-corrected chi connectivity index (χ2v) is 7.39. The van der Waals surface area contributed by atoms with Gasteiger partial charge in [-0.3, -0.25) is 0 Å². The third-order valence-electron chi connectivity index (χ3n) is 3.48. The van der Waals surface area contributed by atoms with Crippen LogP contribution in [0.2, 0.25) is 0 Å². The highest BCUT2D eigenvalue weighted by Crippen LogP contribution is 2.25. The van der Waals surface area contributed by atoms with E-state index in [1.54, 1.807) is 0 Å². The van der Waals surface area contributed by atoms with Crippen LogP contribution in [0.5, 0.6) is 0 Å². The summed E-state index contributed by atoms with van der Waals surface area (Å²) in [5.74, 6) is 0.727. The Hall–Kier alpha value is -1.31. The predicted molar refractivity (Wildman–Crippen MR) is 89.0 cm³/mol. The molecule has 0 spiro atoms. The van der Waals surface area contributed by atoms with Gasteiger partial charge in [0.15, 0.2) is 0 Å². The molecule has 1 aromatic carbocycles. The highest BCUT2D eigenvalue weighted by atomic mass is 16.4. The maximum Gasteiger partial charge on any atom is 0.336 e. The van der Waals surface area contributed by atoms with E-state index in [9.17, 15) is 9.90 Å². The molecule has 0 saturated carbocycles. The quantitative estimate of drug-likeness (QED) is 0.769. The molecule has 0 bridgehead atoms. The Balaban J connectivity index is 3.37. The second kappa shape index (κ2) is 7.63. The van der Waals surface area contributed by atoms with E-state index in [1.807, 2.05) is 0 Å². The molecule has 21 heavy (non-hydrogen) atoms. The van der Waals surface area contributed by atoms with Gasteiger partial charge in [-0.1, -0.05) is 53.7 Å². The van der Waals surface area contributed by atoms with Crippen molar-refractivity contribution in [3.05, 3.63) is 34.4 Å². The van der Waals surface area contributed by atoms with Crippen molar-refractivity contribution in [1.82, 2.24) is 0 Å². The average molecular weight is 290 g/mol. The molecular formula is C19H30O2. The summed E-state index contributed by atoms with van der Waals surface area (Å²) < 4.78 is 0. The lowest BCUT2D eigenvalue weighted by molar-refractivity contribution is 0.0694. The van der Waals surface area contributed by atoms with Gasteiger partial charge in [0.05, 0.1) is 5.56 Å². The lowest BCUT2D eigenvalue weighted by Crippen LogP contribution is -2.13. The van der Waals surface area contributed by atoms with Crippen LogP contribution < -0.4 is 0 Å². The van der Waals surface area contributed by atoms with Crippen molar-refractivity contribution >= 4 is 5.97 Å². The Morgan fingerprint density at radius 3 is 1.52 bits per heavy atom. The number of carboxylic acids is 1. The van der Waals surface area contributed by atoms with Crippen molar-refractivity contribution < 1.29 is 9.90 Å². The molecule has 1 aromatic rings. The summed E-state index contributed by atoms with van der Waals surface area (Å²) in [6.07, 6.45) is 2.67. The highest BCUT2D eigenvalue weighted by Gasteiger charge is 2.19. The van der Waals surface area contributed by atoms with Crippen molar-refractivity contribution in [2.24, 2.45) is 17.8 Å². The molecule has 0 fully saturated rings. The standard InChI is InChI=1S/C19H30O2/c1-12(2)7-15-10-16(8-13(3)4)18(19(20)21)17(11-15)9-14(5)6/h10-14H,7-9H2,1-6H3,(H,20,21). The van der Waals surface area contributed by atoms with Gasteiger partial charge in [-0.05, 0) is 53.7 Å². The number of hydrogen-bond donors (Lipinski definition) is 1. The fourth-order valence-electron chi connectivity index (χ4n) is 2.91. The van der Waals surface area contributed by atoms with Gasteiger partial charge >= 0.3 is 5.97 Å². The first-order chi connectivity index (χ1) is 9.70. The van der Waals surface area contributed by atoms with Gasteiger partial charge in [-0.25, -0.2) is 4.79 Å². The Labute approximate surface area is 129 Å². The second-order valence-electron chi connectivity index (χ2n) is 7.39. The summed E-state index contributed by atoms with van der Waals surface area (Å²) >= 11 is 0. The van der Waals surface area contributed by atoms with Crippen LogP contribution in [-0.4, -0.2) is 11.1 Å². The van der Waals surface area contributed by atoms with E-state index in [1.165, 1.54) is 5.56 Å². The minimum Gasteiger partial charge on any atom is -0.478 e. The van der Waals surface area contributed by atoms with E-state index in [-0.39, 0.29) is 0 Å². The molecule has 0 radical (unpaired) electrons. The van der Waals surface area contributed by atoms with E-state index in [2.05, 4.69) is 53.7 Å². The summed E-state index contributed by atoms with van der Waals surface area (Å²) in [7, 11) is 0. The van der Waals surface area contributed by atoms with Crippen molar-refractivity contribution in [3.8, 4) is 0 Å². The van der Waals surface area contributed by atoms with Gasteiger partial charge in [0.25, 0.3) is 0 Å². The number of benzene rings is 1. The van der Waals surface area contributed by atoms with Crippen LogP contribution in [0.4, 0.5) is 0 Å².